The van der Waals surface area contributed by atoms with Crippen molar-refractivity contribution in [2.75, 3.05) is 0 Å². The Morgan fingerprint density at radius 1 is 0.973 bits per heavy atom. The number of carbonyl (C=O) groups excluding carboxylic acids is 1. The zero-order valence-corrected chi connectivity index (χ0v) is 21.4. The van der Waals surface area contributed by atoms with Crippen molar-refractivity contribution in [1.29, 1.82) is 0 Å². The van der Waals surface area contributed by atoms with Gasteiger partial charge in [0.05, 0.1) is 16.9 Å². The first-order valence-electron chi connectivity index (χ1n) is 12.6. The van der Waals surface area contributed by atoms with Crippen LogP contribution >= 0.6 is 0 Å². The number of hydrogen-bond donors (Lipinski definition) is 2. The molecule has 0 atom stereocenters. The second kappa shape index (κ2) is 9.14. The van der Waals surface area contributed by atoms with Crippen LogP contribution in [0.2, 0.25) is 0 Å². The molecule has 1 heterocycles. The van der Waals surface area contributed by atoms with Gasteiger partial charge < -0.3 is 10.3 Å². The number of amides is 1. The van der Waals surface area contributed by atoms with E-state index in [-0.39, 0.29) is 11.5 Å². The smallest absolute Gasteiger partial charge is 0.408 e. The van der Waals surface area contributed by atoms with Crippen LogP contribution in [0, 0.1) is 0 Å². The monoisotopic (exact) mass is 497 g/mol. The molecule has 1 aromatic heterocycles. The molecule has 1 amide bonds. The minimum Gasteiger partial charge on any atom is -0.465 e. The molecule has 37 heavy (non-hydrogen) atoms. The predicted octanol–water partition coefficient (Wildman–Crippen LogP) is 6.53. The lowest BCUT2D eigenvalue weighted by molar-refractivity contribution is -0.0328. The first-order chi connectivity index (χ1) is 17.7. The van der Waals surface area contributed by atoms with Crippen molar-refractivity contribution in [1.82, 2.24) is 9.88 Å². The first kappa shape index (κ1) is 24.7. The van der Waals surface area contributed by atoms with Gasteiger partial charge in [0.25, 0.3) is 0 Å². The number of fused-ring (bicyclic) bond motifs is 1. The average molecular weight is 498 g/mol. The highest BCUT2D eigenvalue weighted by atomic mass is 16.4. The van der Waals surface area contributed by atoms with E-state index in [0.717, 1.165) is 47.2 Å². The minimum absolute atomic E-state index is 0.151. The number of oxime groups is 1. The molecule has 0 unspecified atom stereocenters. The van der Waals surface area contributed by atoms with Crippen LogP contribution < -0.4 is 0 Å². The van der Waals surface area contributed by atoms with Crippen LogP contribution in [0.3, 0.4) is 0 Å². The maximum atomic E-state index is 12.9. The molecule has 2 N–H and O–H groups in total. The van der Waals surface area contributed by atoms with Crippen molar-refractivity contribution < 1.29 is 19.9 Å². The summed E-state index contributed by atoms with van der Waals surface area (Å²) in [6, 6.07) is 19.7. The molecular formula is C30H31N3O4. The molecule has 1 saturated carbocycles. The largest absolute Gasteiger partial charge is 0.465 e. The fourth-order valence-electron chi connectivity index (χ4n) is 5.80. The van der Waals surface area contributed by atoms with E-state index in [9.17, 15) is 19.9 Å². The van der Waals surface area contributed by atoms with Crippen LogP contribution in [-0.2, 0) is 12.0 Å². The summed E-state index contributed by atoms with van der Waals surface area (Å²) in [7, 11) is 0. The number of ketones is 1. The van der Waals surface area contributed by atoms with Gasteiger partial charge in [0, 0.05) is 28.7 Å². The van der Waals surface area contributed by atoms with Crippen molar-refractivity contribution in [2.45, 2.75) is 64.0 Å². The molecular weight excluding hydrogens is 466 g/mol. The highest BCUT2D eigenvalue weighted by Crippen LogP contribution is 2.49. The number of aryl methyl sites for hydroxylation is 1. The summed E-state index contributed by atoms with van der Waals surface area (Å²) in [5, 5.41) is 22.5. The molecule has 0 saturated heterocycles. The molecule has 7 nitrogen and oxygen atoms in total. The number of carbonyl (C=O) groups is 2. The summed E-state index contributed by atoms with van der Waals surface area (Å²) in [5.41, 5.74) is 4.63. The molecule has 2 aliphatic carbocycles. The van der Waals surface area contributed by atoms with Crippen molar-refractivity contribution in [3.05, 3.63) is 77.5 Å². The van der Waals surface area contributed by atoms with Gasteiger partial charge in [0.1, 0.15) is 5.71 Å². The molecule has 0 radical (unpaired) electrons. The average Bonchev–Trinajstić information content (AvgIpc) is 2.85. The van der Waals surface area contributed by atoms with E-state index in [4.69, 9.17) is 4.98 Å². The third-order valence-electron chi connectivity index (χ3n) is 7.58. The van der Waals surface area contributed by atoms with E-state index in [1.807, 2.05) is 81.4 Å². The van der Waals surface area contributed by atoms with E-state index in [1.165, 1.54) is 0 Å². The number of carboxylic acid groups (broad SMARTS) is 1. The molecule has 3 aromatic rings. The molecule has 0 aliphatic heterocycles. The summed E-state index contributed by atoms with van der Waals surface area (Å²) in [5.74, 6) is -0.293. The minimum atomic E-state index is -0.908. The van der Waals surface area contributed by atoms with Crippen LogP contribution in [0.25, 0.3) is 22.4 Å². The number of aromatic nitrogens is 1. The van der Waals surface area contributed by atoms with Gasteiger partial charge in [0.15, 0.2) is 0 Å². The standard InChI is InChI=1S/C30H31N3O4/c1-29(2,3)33(28(35)36)30(16-7-17-30)21-12-10-20(11-13-21)26-22(19-8-5-4-6-9-19)18-23-24(31-26)14-15-25(32-37)27(23)34/h4-6,8-13,18,37H,7,14-17H2,1-3H3,(H,35,36)/b32-25+. The Balaban J connectivity index is 1.61. The Kier molecular flexibility index (Phi) is 6.10. The predicted molar refractivity (Wildman–Crippen MR) is 142 cm³/mol. The SMILES string of the molecule is CC(C)(C)N(C(=O)O)C1(c2ccc(-c3nc4c(cc3-c3ccccc3)C(=O)/C(=N/O)CC4)cc2)CCC1. The second-order valence-corrected chi connectivity index (χ2v) is 10.9. The van der Waals surface area contributed by atoms with E-state index in [0.29, 0.717) is 24.1 Å². The van der Waals surface area contributed by atoms with Gasteiger partial charge in [-0.2, -0.15) is 0 Å². The highest BCUT2D eigenvalue weighted by molar-refractivity contribution is 6.47. The summed E-state index contributed by atoms with van der Waals surface area (Å²) >= 11 is 0. The molecule has 2 aliphatic rings. The topological polar surface area (TPSA) is 103 Å². The Hall–Kier alpha value is -4.00. The Morgan fingerprint density at radius 2 is 1.65 bits per heavy atom. The summed E-state index contributed by atoms with van der Waals surface area (Å²) in [6.07, 6.45) is 2.52. The molecule has 5 rings (SSSR count). The van der Waals surface area contributed by atoms with Gasteiger partial charge in [-0.25, -0.2) is 4.79 Å². The number of nitrogens with zero attached hydrogens (tertiary/aromatic N) is 3. The van der Waals surface area contributed by atoms with Crippen molar-refractivity contribution in [3.8, 4) is 22.4 Å². The Morgan fingerprint density at radius 3 is 2.19 bits per heavy atom. The summed E-state index contributed by atoms with van der Waals surface area (Å²) < 4.78 is 0. The second-order valence-electron chi connectivity index (χ2n) is 10.9. The molecule has 0 spiro atoms. The zero-order valence-electron chi connectivity index (χ0n) is 21.4. The van der Waals surface area contributed by atoms with Crippen molar-refractivity contribution in [2.24, 2.45) is 5.16 Å². The van der Waals surface area contributed by atoms with E-state index < -0.39 is 17.2 Å². The van der Waals surface area contributed by atoms with E-state index in [2.05, 4.69) is 5.16 Å². The van der Waals surface area contributed by atoms with E-state index in [1.54, 1.807) is 4.90 Å². The van der Waals surface area contributed by atoms with Gasteiger partial charge in [-0.1, -0.05) is 59.8 Å². The Bertz CT molecular complexity index is 1380. The molecule has 7 heteroatoms. The van der Waals surface area contributed by atoms with Crippen LogP contribution in [0.5, 0.6) is 0 Å². The normalized spacial score (nSPS) is 17.7. The highest BCUT2D eigenvalue weighted by Gasteiger charge is 2.50. The first-order valence-corrected chi connectivity index (χ1v) is 12.6. The van der Waals surface area contributed by atoms with Crippen LogP contribution in [0.4, 0.5) is 4.79 Å². The van der Waals surface area contributed by atoms with Crippen LogP contribution in [-0.4, -0.2) is 43.3 Å². The molecule has 0 bridgehead atoms. The van der Waals surface area contributed by atoms with E-state index >= 15 is 0 Å². The number of Topliss-reactive ketones (excluding diaryl/α,β-unsaturated/α-hetero) is 1. The third-order valence-corrected chi connectivity index (χ3v) is 7.58. The van der Waals surface area contributed by atoms with Crippen molar-refractivity contribution >= 4 is 17.6 Å². The fraction of sp³-hybridized carbons (Fsp3) is 0.333. The lowest BCUT2D eigenvalue weighted by Crippen LogP contribution is -2.60. The van der Waals surface area contributed by atoms with Gasteiger partial charge in [0.2, 0.25) is 5.78 Å². The third kappa shape index (κ3) is 4.18. The van der Waals surface area contributed by atoms with Gasteiger partial charge >= 0.3 is 6.09 Å². The molecule has 190 valence electrons. The van der Waals surface area contributed by atoms with Crippen LogP contribution in [0.1, 0.15) is 68.1 Å². The maximum Gasteiger partial charge on any atom is 0.408 e. The summed E-state index contributed by atoms with van der Waals surface area (Å²) in [6.45, 7) is 5.81. The van der Waals surface area contributed by atoms with Gasteiger partial charge in [-0.3, -0.25) is 14.7 Å². The lowest BCUT2D eigenvalue weighted by atomic mass is 9.69. The summed E-state index contributed by atoms with van der Waals surface area (Å²) in [4.78, 5) is 31.8. The van der Waals surface area contributed by atoms with Crippen LogP contribution in [0.15, 0.2) is 65.8 Å². The number of benzene rings is 2. The molecule has 2 aromatic carbocycles. The zero-order chi connectivity index (χ0) is 26.4. The lowest BCUT2D eigenvalue weighted by Gasteiger charge is -2.54. The maximum absolute atomic E-state index is 12.9. The molecule has 1 fully saturated rings. The van der Waals surface area contributed by atoms with Gasteiger partial charge in [-0.15, -0.1) is 0 Å². The fourth-order valence-corrected chi connectivity index (χ4v) is 5.80. The van der Waals surface area contributed by atoms with Gasteiger partial charge in [-0.05, 0) is 63.6 Å². The number of hydrogen-bond acceptors (Lipinski definition) is 5. The quantitative estimate of drug-likeness (QED) is 0.315. The number of pyridine rings is 1. The Labute approximate surface area is 216 Å². The van der Waals surface area contributed by atoms with Crippen molar-refractivity contribution in [3.63, 3.8) is 0 Å². The number of rotatable bonds is 4.